The quantitative estimate of drug-likeness (QED) is 0.196. The fourth-order valence-corrected chi connectivity index (χ4v) is 6.44. The monoisotopic (exact) mass is 583 g/mol. The maximum atomic E-state index is 13.9. The van der Waals surface area contributed by atoms with Gasteiger partial charge in [0.15, 0.2) is 0 Å². The molecule has 1 aromatic carbocycles. The van der Waals surface area contributed by atoms with Crippen molar-refractivity contribution in [3.05, 3.63) is 90.0 Å². The molecule has 4 rings (SSSR count). The zero-order valence-electron chi connectivity index (χ0n) is 23.3. The minimum Gasteiger partial charge on any atom is -0.494 e. The standard InChI is InChI=1S/C31H41N3O6S/c35-19-8-20-41(38,39)34-30(37)31(16-18-33-23-28(36)26-11-7-17-32-22-26)15-14-25(24-9-3-1-4-10-24)21-29(31)40-27-12-5-2-6-13-27/h1,3-4,7,9-11,14-15,17,21-22,25,27-28,33,35-36H,2,5-6,8,12-13,16,18-20,23H2,(H,34,37)/t25?,28-,31?/m0/s1. The lowest BCUT2D eigenvalue weighted by molar-refractivity contribution is -0.128. The second-order valence-electron chi connectivity index (χ2n) is 10.8. The number of aromatic nitrogens is 1. The number of aliphatic hydroxyl groups excluding tert-OH is 2. The number of allylic oxidation sites excluding steroid dienone is 2. The van der Waals surface area contributed by atoms with Crippen LogP contribution in [0.1, 0.15) is 68.1 Å². The van der Waals surface area contributed by atoms with E-state index >= 15 is 0 Å². The summed E-state index contributed by atoms with van der Waals surface area (Å²) in [5.41, 5.74) is 0.337. The Balaban J connectivity index is 1.61. The summed E-state index contributed by atoms with van der Waals surface area (Å²) in [6, 6.07) is 13.4. The van der Waals surface area contributed by atoms with Crippen molar-refractivity contribution in [3.63, 3.8) is 0 Å². The lowest BCUT2D eigenvalue weighted by atomic mass is 9.75. The van der Waals surface area contributed by atoms with E-state index in [2.05, 4.69) is 15.0 Å². The van der Waals surface area contributed by atoms with Crippen molar-refractivity contribution in [1.29, 1.82) is 0 Å². The normalized spacial score (nSPS) is 22.1. The van der Waals surface area contributed by atoms with E-state index in [1.165, 1.54) is 0 Å². The van der Waals surface area contributed by atoms with Crippen LogP contribution in [0.15, 0.2) is 78.8 Å². The molecule has 0 saturated heterocycles. The molecular weight excluding hydrogens is 542 g/mol. The van der Waals surface area contributed by atoms with Crippen LogP contribution in [0, 0.1) is 5.41 Å². The van der Waals surface area contributed by atoms with E-state index in [0.29, 0.717) is 17.9 Å². The highest BCUT2D eigenvalue weighted by Crippen LogP contribution is 2.43. The predicted molar refractivity (Wildman–Crippen MR) is 157 cm³/mol. The fraction of sp³-hybridized carbons (Fsp3) is 0.484. The van der Waals surface area contributed by atoms with Crippen molar-refractivity contribution in [2.24, 2.45) is 5.41 Å². The van der Waals surface area contributed by atoms with Crippen molar-refractivity contribution >= 4 is 15.9 Å². The van der Waals surface area contributed by atoms with Gasteiger partial charge in [-0.1, -0.05) is 55.0 Å². The molecule has 1 aromatic heterocycles. The van der Waals surface area contributed by atoms with E-state index in [1.807, 2.05) is 42.5 Å². The van der Waals surface area contributed by atoms with Gasteiger partial charge in [-0.2, -0.15) is 0 Å². The number of nitrogens with zero attached hydrogens (tertiary/aromatic N) is 1. The summed E-state index contributed by atoms with van der Waals surface area (Å²) >= 11 is 0. The molecule has 0 spiro atoms. The number of carbonyl (C=O) groups is 1. The molecule has 1 saturated carbocycles. The van der Waals surface area contributed by atoms with Crippen molar-refractivity contribution in [2.45, 2.75) is 63.1 Å². The second-order valence-corrected chi connectivity index (χ2v) is 12.6. The number of nitrogens with one attached hydrogen (secondary N) is 2. The molecule has 2 aromatic rings. The molecule has 0 bridgehead atoms. The van der Waals surface area contributed by atoms with E-state index in [-0.39, 0.29) is 43.8 Å². The Morgan fingerprint density at radius 2 is 1.90 bits per heavy atom. The molecule has 222 valence electrons. The molecule has 0 radical (unpaired) electrons. The Morgan fingerprint density at radius 1 is 1.12 bits per heavy atom. The Morgan fingerprint density at radius 3 is 2.61 bits per heavy atom. The summed E-state index contributed by atoms with van der Waals surface area (Å²) in [6.45, 7) is 0.252. The maximum Gasteiger partial charge on any atom is 0.251 e. The average Bonchev–Trinajstić information content (AvgIpc) is 3.00. The molecule has 0 aliphatic heterocycles. The van der Waals surface area contributed by atoms with Crippen LogP contribution in [0.25, 0.3) is 0 Å². The first kappa shape index (κ1) is 30.9. The summed E-state index contributed by atoms with van der Waals surface area (Å²) in [7, 11) is -3.98. The number of hydrogen-bond acceptors (Lipinski definition) is 8. The second kappa shape index (κ2) is 14.7. The lowest BCUT2D eigenvalue weighted by Gasteiger charge is -2.38. The van der Waals surface area contributed by atoms with Crippen LogP contribution in [-0.2, 0) is 19.6 Å². The summed E-state index contributed by atoms with van der Waals surface area (Å²) in [4.78, 5) is 18.0. The molecule has 2 aliphatic rings. The molecule has 3 atom stereocenters. The summed E-state index contributed by atoms with van der Waals surface area (Å²) in [6.07, 6.45) is 13.2. The summed E-state index contributed by atoms with van der Waals surface area (Å²) < 4.78 is 34.4. The number of amides is 1. The van der Waals surface area contributed by atoms with Gasteiger partial charge in [0.1, 0.15) is 11.2 Å². The zero-order valence-corrected chi connectivity index (χ0v) is 24.1. The van der Waals surface area contributed by atoms with Crippen LogP contribution < -0.4 is 10.0 Å². The number of rotatable bonds is 14. The number of pyridine rings is 1. The Bertz CT molecular complexity index is 1280. The van der Waals surface area contributed by atoms with Crippen molar-refractivity contribution < 1.29 is 28.2 Å². The summed E-state index contributed by atoms with van der Waals surface area (Å²) in [5, 5.41) is 22.9. The first-order valence-corrected chi connectivity index (χ1v) is 16.1. The fourth-order valence-electron chi connectivity index (χ4n) is 5.37. The molecule has 1 amide bonds. The van der Waals surface area contributed by atoms with Gasteiger partial charge in [0, 0.05) is 37.0 Å². The van der Waals surface area contributed by atoms with E-state index in [9.17, 15) is 18.3 Å². The smallest absolute Gasteiger partial charge is 0.251 e. The van der Waals surface area contributed by atoms with E-state index < -0.39 is 27.4 Å². The SMILES string of the molecule is O=C(NS(=O)(=O)CCCO)C1(CCNC[C@H](O)c2cccnc2)C=CC(c2ccccc2)C=C1OC1CCCCC1. The van der Waals surface area contributed by atoms with Gasteiger partial charge in [-0.25, -0.2) is 8.42 Å². The van der Waals surface area contributed by atoms with Gasteiger partial charge in [0.25, 0.3) is 5.91 Å². The van der Waals surface area contributed by atoms with Crippen LogP contribution in [0.4, 0.5) is 0 Å². The number of benzene rings is 1. The molecule has 2 unspecified atom stereocenters. The van der Waals surface area contributed by atoms with Crippen LogP contribution in [0.5, 0.6) is 0 Å². The Hall–Kier alpha value is -3.05. The first-order valence-electron chi connectivity index (χ1n) is 14.4. The molecule has 1 fully saturated rings. The van der Waals surface area contributed by atoms with Crippen LogP contribution in [0.3, 0.4) is 0 Å². The van der Waals surface area contributed by atoms with Crippen molar-refractivity contribution in [3.8, 4) is 0 Å². The van der Waals surface area contributed by atoms with Crippen molar-refractivity contribution in [1.82, 2.24) is 15.0 Å². The molecule has 2 aliphatic carbocycles. The summed E-state index contributed by atoms with van der Waals surface area (Å²) in [5.74, 6) is -0.734. The van der Waals surface area contributed by atoms with Gasteiger partial charge in [-0.15, -0.1) is 0 Å². The first-order chi connectivity index (χ1) is 19.8. The highest BCUT2D eigenvalue weighted by Gasteiger charge is 2.45. The molecule has 10 heteroatoms. The number of sulfonamides is 1. The minimum atomic E-state index is -3.98. The minimum absolute atomic E-state index is 0.0244. The van der Waals surface area contributed by atoms with Gasteiger partial charge < -0.3 is 20.3 Å². The van der Waals surface area contributed by atoms with E-state index in [4.69, 9.17) is 9.84 Å². The van der Waals surface area contributed by atoms with Gasteiger partial charge in [-0.05, 0) is 62.8 Å². The van der Waals surface area contributed by atoms with Crippen molar-refractivity contribution in [2.75, 3.05) is 25.4 Å². The number of hydrogen-bond donors (Lipinski definition) is 4. The van der Waals surface area contributed by atoms with Gasteiger partial charge in [0.05, 0.1) is 18.0 Å². The number of ether oxygens (including phenoxy) is 1. The maximum absolute atomic E-state index is 13.9. The molecular formula is C31H41N3O6S. The molecule has 4 N–H and O–H groups in total. The Labute approximate surface area is 242 Å². The third-order valence-corrected chi connectivity index (χ3v) is 9.04. The topological polar surface area (TPSA) is 138 Å². The van der Waals surface area contributed by atoms with E-state index in [0.717, 1.165) is 37.7 Å². The highest BCUT2D eigenvalue weighted by atomic mass is 32.2. The largest absolute Gasteiger partial charge is 0.494 e. The third-order valence-electron chi connectivity index (χ3n) is 7.72. The third kappa shape index (κ3) is 8.48. The number of aliphatic hydroxyl groups is 2. The number of carbonyl (C=O) groups excluding carboxylic acids is 1. The van der Waals surface area contributed by atoms with Gasteiger partial charge in [-0.3, -0.25) is 14.5 Å². The molecule has 9 nitrogen and oxygen atoms in total. The van der Waals surface area contributed by atoms with Gasteiger partial charge >= 0.3 is 0 Å². The average molecular weight is 584 g/mol. The molecule has 41 heavy (non-hydrogen) atoms. The highest BCUT2D eigenvalue weighted by molar-refractivity contribution is 7.90. The Kier molecular flexibility index (Phi) is 11.1. The van der Waals surface area contributed by atoms with E-state index in [1.54, 1.807) is 30.6 Å². The molecule has 1 heterocycles. The zero-order chi connectivity index (χ0) is 29.1. The van der Waals surface area contributed by atoms with Crippen LogP contribution in [-0.4, -0.2) is 61.1 Å². The predicted octanol–water partition coefficient (Wildman–Crippen LogP) is 3.50. The van der Waals surface area contributed by atoms with Gasteiger partial charge in [0.2, 0.25) is 10.0 Å². The van der Waals surface area contributed by atoms with Crippen LogP contribution in [0.2, 0.25) is 0 Å². The van der Waals surface area contributed by atoms with Crippen LogP contribution >= 0.6 is 0 Å². The lowest BCUT2D eigenvalue weighted by Crippen LogP contribution is -2.48.